The molecular formula is C18H16FN7O. The maximum absolute atomic E-state index is 13.5. The Kier molecular flexibility index (Phi) is 4.81. The number of benzene rings is 1. The maximum Gasteiger partial charge on any atom is 0.252 e. The number of amides is 1. The van der Waals surface area contributed by atoms with Crippen LogP contribution in [-0.4, -0.2) is 27.9 Å². The predicted molar refractivity (Wildman–Crippen MR) is 98.3 cm³/mol. The number of nitrogens with two attached hydrogens (primary N) is 1. The highest BCUT2D eigenvalue weighted by Gasteiger charge is 2.20. The van der Waals surface area contributed by atoms with Crippen LogP contribution in [0.5, 0.6) is 0 Å². The van der Waals surface area contributed by atoms with Gasteiger partial charge in [-0.25, -0.2) is 19.3 Å². The number of hydrogen-bond acceptors (Lipinski definition) is 7. The summed E-state index contributed by atoms with van der Waals surface area (Å²) in [5, 5.41) is 15.4. The maximum atomic E-state index is 13.5. The first-order valence-electron chi connectivity index (χ1n) is 8.04. The van der Waals surface area contributed by atoms with Crippen LogP contribution in [0.15, 0.2) is 30.6 Å². The zero-order valence-corrected chi connectivity index (χ0v) is 14.6. The van der Waals surface area contributed by atoms with E-state index in [9.17, 15) is 14.4 Å². The average molecular weight is 365 g/mol. The summed E-state index contributed by atoms with van der Waals surface area (Å²) in [5.41, 5.74) is 7.06. The highest BCUT2D eigenvalue weighted by Crippen LogP contribution is 2.26. The van der Waals surface area contributed by atoms with Gasteiger partial charge in [0.05, 0.1) is 22.8 Å². The van der Waals surface area contributed by atoms with Gasteiger partial charge in [-0.1, -0.05) is 0 Å². The lowest BCUT2D eigenvalue weighted by Gasteiger charge is -2.18. The van der Waals surface area contributed by atoms with Gasteiger partial charge in [-0.3, -0.25) is 4.79 Å². The third-order valence-corrected chi connectivity index (χ3v) is 4.03. The number of carbonyl (C=O) groups is 1. The highest BCUT2D eigenvalue weighted by molar-refractivity contribution is 5.98. The Bertz CT molecular complexity index is 1080. The van der Waals surface area contributed by atoms with Crippen LogP contribution in [0, 0.1) is 17.1 Å². The Morgan fingerprint density at radius 2 is 2.11 bits per heavy atom. The molecule has 2 aromatic heterocycles. The zero-order chi connectivity index (χ0) is 19.6. The second kappa shape index (κ2) is 7.21. The number of nitrogen functional groups attached to an aromatic ring is 1. The van der Waals surface area contributed by atoms with Gasteiger partial charge in [0.25, 0.3) is 5.91 Å². The van der Waals surface area contributed by atoms with Crippen molar-refractivity contribution in [3.63, 3.8) is 0 Å². The smallest absolute Gasteiger partial charge is 0.252 e. The van der Waals surface area contributed by atoms with Crippen LogP contribution in [0.4, 0.5) is 16.0 Å². The highest BCUT2D eigenvalue weighted by atomic mass is 19.1. The SMILES string of the molecule is CNC(=O)c1cc2cc(F)ccc2nc1C(C)Nc1ncnc(N)c1C#N. The molecule has 0 saturated carbocycles. The van der Waals surface area contributed by atoms with Crippen LogP contribution in [0.25, 0.3) is 10.9 Å². The van der Waals surface area contributed by atoms with Gasteiger partial charge in [-0.15, -0.1) is 0 Å². The minimum atomic E-state index is -0.492. The van der Waals surface area contributed by atoms with Crippen molar-refractivity contribution in [2.75, 3.05) is 18.1 Å². The predicted octanol–water partition coefficient (Wildman–Crippen LogP) is 2.15. The Morgan fingerprint density at radius 3 is 2.81 bits per heavy atom. The fourth-order valence-corrected chi connectivity index (χ4v) is 2.70. The van der Waals surface area contributed by atoms with E-state index >= 15 is 0 Å². The molecule has 1 atom stereocenters. The van der Waals surface area contributed by atoms with Gasteiger partial charge in [0.2, 0.25) is 0 Å². The van der Waals surface area contributed by atoms with E-state index in [1.807, 2.05) is 6.07 Å². The third kappa shape index (κ3) is 3.46. The molecule has 0 bridgehead atoms. The van der Waals surface area contributed by atoms with E-state index in [1.54, 1.807) is 13.0 Å². The Balaban J connectivity index is 2.09. The normalized spacial score (nSPS) is 11.6. The monoisotopic (exact) mass is 365 g/mol. The number of pyridine rings is 1. The molecule has 2 heterocycles. The van der Waals surface area contributed by atoms with Gasteiger partial charge in [0.15, 0.2) is 0 Å². The minimum absolute atomic E-state index is 0.0515. The van der Waals surface area contributed by atoms with E-state index in [2.05, 4.69) is 25.6 Å². The first kappa shape index (κ1) is 18.0. The molecule has 0 aliphatic rings. The van der Waals surface area contributed by atoms with Crippen molar-refractivity contribution in [2.45, 2.75) is 13.0 Å². The van der Waals surface area contributed by atoms with Crippen molar-refractivity contribution < 1.29 is 9.18 Å². The van der Waals surface area contributed by atoms with Crippen LogP contribution < -0.4 is 16.4 Å². The van der Waals surface area contributed by atoms with Crippen LogP contribution in [0.3, 0.4) is 0 Å². The summed E-state index contributed by atoms with van der Waals surface area (Å²) in [6.45, 7) is 1.77. The molecule has 0 saturated heterocycles. The lowest BCUT2D eigenvalue weighted by Crippen LogP contribution is -2.23. The molecule has 0 spiro atoms. The molecular weight excluding hydrogens is 349 g/mol. The summed E-state index contributed by atoms with van der Waals surface area (Å²) < 4.78 is 13.5. The van der Waals surface area contributed by atoms with E-state index in [0.29, 0.717) is 16.6 Å². The van der Waals surface area contributed by atoms with Crippen LogP contribution >= 0.6 is 0 Å². The summed E-state index contributed by atoms with van der Waals surface area (Å²) in [6, 6.07) is 7.20. The van der Waals surface area contributed by atoms with Crippen molar-refractivity contribution >= 4 is 28.4 Å². The van der Waals surface area contributed by atoms with Crippen LogP contribution in [-0.2, 0) is 0 Å². The summed E-state index contributed by atoms with van der Waals surface area (Å²) in [6.07, 6.45) is 1.24. The first-order valence-corrected chi connectivity index (χ1v) is 8.04. The molecule has 0 fully saturated rings. The number of nitrogens with one attached hydrogen (secondary N) is 2. The van der Waals surface area contributed by atoms with E-state index < -0.39 is 11.9 Å². The van der Waals surface area contributed by atoms with E-state index in [-0.39, 0.29) is 28.7 Å². The van der Waals surface area contributed by atoms with E-state index in [0.717, 1.165) is 0 Å². The molecule has 8 nitrogen and oxygen atoms in total. The molecule has 27 heavy (non-hydrogen) atoms. The van der Waals surface area contributed by atoms with E-state index in [4.69, 9.17) is 5.73 Å². The number of fused-ring (bicyclic) bond motifs is 1. The number of rotatable bonds is 4. The second-order valence-electron chi connectivity index (χ2n) is 5.80. The standard InChI is InChI=1S/C18H16FN7O/c1-9(25-17-13(7-20)16(21)23-8-24-17)15-12(18(27)22-2)6-10-5-11(19)3-4-14(10)26-15/h3-6,8-9H,1-2H3,(H,22,27)(H3,21,23,24,25). The van der Waals surface area contributed by atoms with Crippen molar-refractivity contribution in [3.05, 3.63) is 53.2 Å². The molecule has 4 N–H and O–H groups in total. The summed E-state index contributed by atoms with van der Waals surface area (Å²) in [4.78, 5) is 24.7. The Labute approximate surface area is 154 Å². The van der Waals surface area contributed by atoms with Crippen molar-refractivity contribution in [1.82, 2.24) is 20.3 Å². The second-order valence-corrected chi connectivity index (χ2v) is 5.80. The number of carbonyl (C=O) groups excluding carboxylic acids is 1. The summed E-state index contributed by atoms with van der Waals surface area (Å²) in [7, 11) is 1.50. The summed E-state index contributed by atoms with van der Waals surface area (Å²) >= 11 is 0. The number of hydrogen-bond donors (Lipinski definition) is 3. The van der Waals surface area contributed by atoms with Gasteiger partial charge in [0, 0.05) is 12.4 Å². The van der Waals surface area contributed by atoms with Crippen molar-refractivity contribution in [1.29, 1.82) is 5.26 Å². The largest absolute Gasteiger partial charge is 0.382 e. The molecule has 9 heteroatoms. The van der Waals surface area contributed by atoms with Crippen molar-refractivity contribution in [3.8, 4) is 6.07 Å². The summed E-state index contributed by atoms with van der Waals surface area (Å²) in [5.74, 6) is -0.488. The quantitative estimate of drug-likeness (QED) is 0.646. The number of halogens is 1. The number of aromatic nitrogens is 3. The fraction of sp³-hybridized carbons (Fsp3) is 0.167. The van der Waals surface area contributed by atoms with Gasteiger partial charge < -0.3 is 16.4 Å². The zero-order valence-electron chi connectivity index (χ0n) is 14.6. The molecule has 3 aromatic rings. The number of nitrogens with zero attached hydrogens (tertiary/aromatic N) is 4. The van der Waals surface area contributed by atoms with Crippen molar-refractivity contribution in [2.24, 2.45) is 0 Å². The molecule has 1 unspecified atom stereocenters. The van der Waals surface area contributed by atoms with E-state index in [1.165, 1.54) is 31.6 Å². The lowest BCUT2D eigenvalue weighted by molar-refractivity contribution is 0.0961. The lowest BCUT2D eigenvalue weighted by atomic mass is 10.0. The Hall–Kier alpha value is -3.80. The van der Waals surface area contributed by atoms with Gasteiger partial charge in [0.1, 0.15) is 35.4 Å². The molecule has 1 amide bonds. The average Bonchev–Trinajstić information content (AvgIpc) is 2.66. The van der Waals surface area contributed by atoms with Gasteiger partial charge >= 0.3 is 0 Å². The first-order chi connectivity index (χ1) is 12.9. The number of anilines is 2. The third-order valence-electron chi connectivity index (χ3n) is 4.03. The molecule has 0 radical (unpaired) electrons. The molecule has 136 valence electrons. The molecule has 1 aromatic carbocycles. The molecule has 0 aliphatic heterocycles. The Morgan fingerprint density at radius 1 is 1.33 bits per heavy atom. The van der Waals surface area contributed by atoms with Crippen LogP contribution in [0.2, 0.25) is 0 Å². The molecule has 3 rings (SSSR count). The molecule has 0 aliphatic carbocycles. The number of nitriles is 1. The van der Waals surface area contributed by atoms with Crippen LogP contribution in [0.1, 0.15) is 34.6 Å². The minimum Gasteiger partial charge on any atom is -0.382 e. The fourth-order valence-electron chi connectivity index (χ4n) is 2.70. The van der Waals surface area contributed by atoms with Gasteiger partial charge in [-0.05, 0) is 31.2 Å². The van der Waals surface area contributed by atoms with Gasteiger partial charge in [-0.2, -0.15) is 5.26 Å². The topological polar surface area (TPSA) is 130 Å².